The second-order valence-corrected chi connectivity index (χ2v) is 16.1. The van der Waals surface area contributed by atoms with Crippen LogP contribution in [0.3, 0.4) is 0 Å². The highest BCUT2D eigenvalue weighted by Gasteiger charge is 2.66. The fourth-order valence-electron chi connectivity index (χ4n) is 7.90. The molecule has 168 valence electrons. The average Bonchev–Trinajstić information content (AvgIpc) is 3.05. The lowest BCUT2D eigenvalue weighted by atomic mass is 9.70. The maximum absolute atomic E-state index is 13.1. The first-order valence-electron chi connectivity index (χ1n) is 10.9. The summed E-state index contributed by atoms with van der Waals surface area (Å²) < 4.78 is 52.3. The topological polar surface area (TPSA) is 109 Å². The van der Waals surface area contributed by atoms with Crippen LogP contribution in [0.1, 0.15) is 66.2 Å². The van der Waals surface area contributed by atoms with Crippen molar-refractivity contribution in [2.45, 2.75) is 78.4 Å². The fraction of sp³-hybridized carbons (Fsp3) is 1.00. The molecule has 6 nitrogen and oxygen atoms in total. The van der Waals surface area contributed by atoms with E-state index in [2.05, 4.69) is 0 Å². The molecule has 0 spiro atoms. The first kappa shape index (κ1) is 22.0. The maximum Gasteiger partial charge on any atom is 0.165 e. The molecule has 0 aromatic heterocycles. The molecule has 6 unspecified atom stereocenters. The molecule has 4 aliphatic rings. The smallest absolute Gasteiger partial charge is 0.165 e. The van der Waals surface area contributed by atoms with Crippen molar-refractivity contribution >= 4 is 19.7 Å². The van der Waals surface area contributed by atoms with E-state index < -0.39 is 47.8 Å². The Kier molecular flexibility index (Phi) is 4.71. The average molecular weight is 449 g/mol. The second kappa shape index (κ2) is 6.20. The molecule has 4 aliphatic carbocycles. The number of hydrogen-bond acceptors (Lipinski definition) is 6. The summed E-state index contributed by atoms with van der Waals surface area (Å²) in [5.41, 5.74) is -2.14. The van der Waals surface area contributed by atoms with Gasteiger partial charge in [0.25, 0.3) is 0 Å². The van der Waals surface area contributed by atoms with Gasteiger partial charge in [-0.2, -0.15) is 0 Å². The van der Waals surface area contributed by atoms with Crippen LogP contribution in [0.5, 0.6) is 0 Å². The van der Waals surface area contributed by atoms with E-state index in [-0.39, 0.29) is 34.2 Å². The van der Waals surface area contributed by atoms with Crippen LogP contribution in [0, 0.1) is 33.5 Å². The molecule has 0 amide bonds. The quantitative estimate of drug-likeness (QED) is 0.644. The van der Waals surface area contributed by atoms with Gasteiger partial charge in [-0.1, -0.05) is 27.7 Å². The first-order chi connectivity index (χ1) is 13.1. The largest absolute Gasteiger partial charge is 0.392 e. The van der Waals surface area contributed by atoms with Gasteiger partial charge < -0.3 is 10.2 Å². The van der Waals surface area contributed by atoms with Crippen LogP contribution in [-0.4, -0.2) is 55.8 Å². The van der Waals surface area contributed by atoms with Crippen LogP contribution < -0.4 is 0 Å². The van der Waals surface area contributed by atoms with E-state index in [4.69, 9.17) is 0 Å². The van der Waals surface area contributed by atoms with Gasteiger partial charge in [-0.3, -0.25) is 0 Å². The van der Waals surface area contributed by atoms with E-state index in [1.54, 1.807) is 0 Å². The number of hydrogen-bond donors (Lipinski definition) is 2. The summed E-state index contributed by atoms with van der Waals surface area (Å²) in [5.74, 6) is 0.0258. The van der Waals surface area contributed by atoms with Crippen LogP contribution in [-0.2, 0) is 19.7 Å². The van der Waals surface area contributed by atoms with E-state index in [0.29, 0.717) is 25.7 Å². The van der Waals surface area contributed by atoms with Crippen molar-refractivity contribution in [1.82, 2.24) is 0 Å². The fourth-order valence-corrected chi connectivity index (χ4v) is 13.7. The van der Waals surface area contributed by atoms with Crippen molar-refractivity contribution in [3.8, 4) is 0 Å². The number of fused-ring (bicyclic) bond motifs is 4. The SMILES string of the molecule is CC1(C)C2CCC1(CS(=O)(=O)CS(=O)(=O)CC13CCC(CC1O)C3(C)C)C(O)C2. The molecule has 0 saturated heterocycles. The third-order valence-corrected chi connectivity index (χ3v) is 14.9. The summed E-state index contributed by atoms with van der Waals surface area (Å²) in [6.07, 6.45) is 2.83. The lowest BCUT2D eigenvalue weighted by molar-refractivity contribution is 0.0151. The van der Waals surface area contributed by atoms with Crippen molar-refractivity contribution in [3.05, 3.63) is 0 Å². The van der Waals surface area contributed by atoms with Crippen molar-refractivity contribution in [2.24, 2.45) is 33.5 Å². The third-order valence-electron chi connectivity index (χ3n) is 10.1. The predicted molar refractivity (Wildman–Crippen MR) is 112 cm³/mol. The summed E-state index contributed by atoms with van der Waals surface area (Å²) in [7, 11) is -7.84. The van der Waals surface area contributed by atoms with E-state index >= 15 is 0 Å². The van der Waals surface area contributed by atoms with Crippen molar-refractivity contribution in [2.75, 3.05) is 16.6 Å². The van der Waals surface area contributed by atoms with Crippen molar-refractivity contribution in [1.29, 1.82) is 0 Å². The molecule has 0 aromatic carbocycles. The van der Waals surface area contributed by atoms with Crippen LogP contribution in [0.25, 0.3) is 0 Å². The summed E-state index contributed by atoms with van der Waals surface area (Å²) in [4.78, 5) is 0. The normalized spacial score (nSPS) is 45.2. The van der Waals surface area contributed by atoms with Crippen molar-refractivity contribution < 1.29 is 27.0 Å². The second-order valence-electron chi connectivity index (χ2n) is 11.6. The first-order valence-corrected chi connectivity index (χ1v) is 14.5. The molecule has 2 N–H and O–H groups in total. The number of rotatable bonds is 6. The standard InChI is InChI=1S/C21H36O6S2/c1-18(2)14-5-7-20(18,16(22)9-14)11-28(24,25)13-29(26,27)12-21-8-6-15(10-17(21)23)19(21,3)4/h14-17,22-23H,5-13H2,1-4H3. The number of aliphatic hydroxyl groups excluding tert-OH is 2. The van der Waals surface area contributed by atoms with Crippen LogP contribution >= 0.6 is 0 Å². The lowest BCUT2D eigenvalue weighted by Gasteiger charge is -2.41. The van der Waals surface area contributed by atoms with E-state index in [1.807, 2.05) is 27.7 Å². The molecule has 4 rings (SSSR count). The minimum absolute atomic E-state index is 0.272. The van der Waals surface area contributed by atoms with E-state index in [9.17, 15) is 27.0 Å². The Hall–Kier alpha value is -0.180. The number of aliphatic hydroxyl groups is 2. The Labute approximate surface area is 175 Å². The monoisotopic (exact) mass is 448 g/mol. The molecule has 0 heterocycles. The minimum atomic E-state index is -3.92. The van der Waals surface area contributed by atoms with Gasteiger partial charge >= 0.3 is 0 Å². The Bertz CT molecular complexity index is 831. The van der Waals surface area contributed by atoms with Crippen molar-refractivity contribution in [3.63, 3.8) is 0 Å². The minimum Gasteiger partial charge on any atom is -0.392 e. The zero-order chi connectivity index (χ0) is 21.7. The summed E-state index contributed by atoms with van der Waals surface area (Å²) in [6.45, 7) is 8.06. The Morgan fingerprint density at radius 1 is 0.724 bits per heavy atom. The molecule has 0 aliphatic heterocycles. The maximum atomic E-state index is 13.1. The molecule has 4 bridgehead atoms. The Morgan fingerprint density at radius 3 is 1.31 bits per heavy atom. The van der Waals surface area contributed by atoms with Gasteiger partial charge in [0.1, 0.15) is 0 Å². The van der Waals surface area contributed by atoms with Gasteiger partial charge in [0.05, 0.1) is 23.7 Å². The molecule has 0 radical (unpaired) electrons. The summed E-state index contributed by atoms with van der Waals surface area (Å²) in [6, 6.07) is 0. The molecule has 4 fully saturated rings. The molecule has 29 heavy (non-hydrogen) atoms. The summed E-state index contributed by atoms with van der Waals surface area (Å²) >= 11 is 0. The van der Waals surface area contributed by atoms with Gasteiger partial charge in [0.2, 0.25) is 0 Å². The molecule has 4 saturated carbocycles. The van der Waals surface area contributed by atoms with Crippen LogP contribution in [0.4, 0.5) is 0 Å². The molecular formula is C21H36O6S2. The van der Waals surface area contributed by atoms with E-state index in [1.165, 1.54) is 0 Å². The Balaban J connectivity index is 1.56. The van der Waals surface area contributed by atoms with Gasteiger partial charge in [0, 0.05) is 10.8 Å². The Morgan fingerprint density at radius 2 is 1.07 bits per heavy atom. The van der Waals surface area contributed by atoms with Gasteiger partial charge in [-0.15, -0.1) is 0 Å². The zero-order valence-electron chi connectivity index (χ0n) is 18.0. The van der Waals surface area contributed by atoms with Crippen LogP contribution in [0.15, 0.2) is 0 Å². The molecule has 6 atom stereocenters. The number of sulfone groups is 2. The van der Waals surface area contributed by atoms with E-state index in [0.717, 1.165) is 12.8 Å². The molecular weight excluding hydrogens is 412 g/mol. The zero-order valence-corrected chi connectivity index (χ0v) is 19.7. The third kappa shape index (κ3) is 2.91. The van der Waals surface area contributed by atoms with Gasteiger partial charge in [-0.25, -0.2) is 16.8 Å². The molecule has 8 heteroatoms. The summed E-state index contributed by atoms with van der Waals surface area (Å²) in [5, 5.41) is 20.4. The van der Waals surface area contributed by atoms with Gasteiger partial charge in [-0.05, 0) is 61.2 Å². The predicted octanol–water partition coefficient (Wildman–Crippen LogP) is 2.15. The molecule has 0 aromatic rings. The highest BCUT2D eigenvalue weighted by molar-refractivity contribution is 8.08. The van der Waals surface area contributed by atoms with Crippen LogP contribution in [0.2, 0.25) is 0 Å². The lowest BCUT2D eigenvalue weighted by Crippen LogP contribution is -2.47. The van der Waals surface area contributed by atoms with Gasteiger partial charge in [0.15, 0.2) is 24.8 Å². The highest BCUT2D eigenvalue weighted by Crippen LogP contribution is 2.67. The highest BCUT2D eigenvalue weighted by atomic mass is 32.3.